The van der Waals surface area contributed by atoms with Gasteiger partial charge in [-0.25, -0.2) is 9.78 Å². The monoisotopic (exact) mass is 400 g/mol. The second-order valence-electron chi connectivity index (χ2n) is 6.64. The molecule has 3 aromatic carbocycles. The van der Waals surface area contributed by atoms with Crippen molar-refractivity contribution in [2.75, 3.05) is 5.32 Å². The number of rotatable bonds is 5. The van der Waals surface area contributed by atoms with E-state index in [1.165, 1.54) is 11.1 Å². The van der Waals surface area contributed by atoms with E-state index in [2.05, 4.69) is 29.8 Å². The first-order chi connectivity index (χ1) is 14.2. The predicted molar refractivity (Wildman–Crippen MR) is 118 cm³/mol. The first kappa shape index (κ1) is 18.9. The van der Waals surface area contributed by atoms with Crippen LogP contribution in [0.2, 0.25) is 0 Å². The zero-order valence-corrected chi connectivity index (χ0v) is 16.8. The van der Waals surface area contributed by atoms with E-state index < -0.39 is 6.09 Å². The number of benzene rings is 3. The lowest BCUT2D eigenvalue weighted by atomic mass is 10.1. The van der Waals surface area contributed by atoms with Crippen LogP contribution >= 0.6 is 11.3 Å². The molecule has 1 heterocycles. The maximum atomic E-state index is 12.0. The van der Waals surface area contributed by atoms with Gasteiger partial charge in [-0.05, 0) is 42.3 Å². The summed E-state index contributed by atoms with van der Waals surface area (Å²) in [4.78, 5) is 16.8. The van der Waals surface area contributed by atoms with Crippen molar-refractivity contribution >= 4 is 23.1 Å². The smallest absolute Gasteiger partial charge is 0.410 e. The average Bonchev–Trinajstić information content (AvgIpc) is 3.19. The number of para-hydroxylation sites is 1. The molecule has 5 heteroatoms. The number of amides is 1. The summed E-state index contributed by atoms with van der Waals surface area (Å²) in [6.45, 7) is 2.10. The summed E-state index contributed by atoms with van der Waals surface area (Å²) in [7, 11) is 0. The van der Waals surface area contributed by atoms with Gasteiger partial charge in [0.15, 0.2) is 0 Å². The van der Waals surface area contributed by atoms with Gasteiger partial charge in [-0.1, -0.05) is 54.6 Å². The van der Waals surface area contributed by atoms with Crippen LogP contribution in [0.5, 0.6) is 5.75 Å². The van der Waals surface area contributed by atoms with Crippen LogP contribution in [-0.2, 0) is 6.42 Å². The summed E-state index contributed by atoms with van der Waals surface area (Å²) >= 11 is 1.66. The molecule has 144 valence electrons. The van der Waals surface area contributed by atoms with Gasteiger partial charge in [-0.2, -0.15) is 0 Å². The van der Waals surface area contributed by atoms with Crippen molar-refractivity contribution in [1.29, 1.82) is 0 Å². The third kappa shape index (κ3) is 4.89. The number of nitrogens with one attached hydrogen (secondary N) is 1. The molecule has 4 rings (SSSR count). The number of carbonyl (C=O) groups is 1. The van der Waals surface area contributed by atoms with Crippen LogP contribution < -0.4 is 10.1 Å². The Kier molecular flexibility index (Phi) is 5.68. The maximum absolute atomic E-state index is 12.0. The van der Waals surface area contributed by atoms with Gasteiger partial charge >= 0.3 is 6.09 Å². The zero-order chi connectivity index (χ0) is 20.1. The fourth-order valence-electron chi connectivity index (χ4n) is 3.00. The SMILES string of the molecule is Cc1ccccc1-c1csc(Cc2ccc(NC(=O)Oc3ccccc3)cc2)n1. The van der Waals surface area contributed by atoms with Gasteiger partial charge in [0.1, 0.15) is 5.75 Å². The zero-order valence-electron chi connectivity index (χ0n) is 16.0. The topological polar surface area (TPSA) is 51.2 Å². The highest BCUT2D eigenvalue weighted by Gasteiger charge is 2.08. The minimum atomic E-state index is -0.508. The number of hydrogen-bond donors (Lipinski definition) is 1. The molecule has 0 spiro atoms. The second kappa shape index (κ2) is 8.71. The molecule has 1 amide bonds. The van der Waals surface area contributed by atoms with Gasteiger partial charge in [0.2, 0.25) is 0 Å². The van der Waals surface area contributed by atoms with Crippen LogP contribution in [-0.4, -0.2) is 11.1 Å². The summed E-state index contributed by atoms with van der Waals surface area (Å²) in [5.74, 6) is 0.509. The Balaban J connectivity index is 1.37. The van der Waals surface area contributed by atoms with E-state index in [1.54, 1.807) is 23.5 Å². The molecule has 0 bridgehead atoms. The molecule has 4 aromatic rings. The molecule has 0 saturated carbocycles. The lowest BCUT2D eigenvalue weighted by Gasteiger charge is -2.07. The van der Waals surface area contributed by atoms with Crippen LogP contribution in [0.1, 0.15) is 16.1 Å². The minimum absolute atomic E-state index is 0.508. The summed E-state index contributed by atoms with van der Waals surface area (Å²) in [5, 5.41) is 5.91. The van der Waals surface area contributed by atoms with Gasteiger partial charge in [0.25, 0.3) is 0 Å². The normalized spacial score (nSPS) is 10.5. The quantitative estimate of drug-likeness (QED) is 0.426. The molecule has 0 aliphatic carbocycles. The van der Waals surface area contributed by atoms with E-state index in [-0.39, 0.29) is 0 Å². The number of thiazole rings is 1. The molecule has 29 heavy (non-hydrogen) atoms. The minimum Gasteiger partial charge on any atom is -0.410 e. The summed E-state index contributed by atoms with van der Waals surface area (Å²) in [6, 6.07) is 25.0. The average molecular weight is 401 g/mol. The molecule has 0 fully saturated rings. The van der Waals surface area contributed by atoms with Gasteiger partial charge in [-0.3, -0.25) is 5.32 Å². The highest BCUT2D eigenvalue weighted by atomic mass is 32.1. The van der Waals surface area contributed by atoms with Crippen molar-refractivity contribution in [3.8, 4) is 17.0 Å². The van der Waals surface area contributed by atoms with Gasteiger partial charge in [0, 0.05) is 23.1 Å². The molecule has 1 N–H and O–H groups in total. The third-order valence-electron chi connectivity index (χ3n) is 4.48. The van der Waals surface area contributed by atoms with E-state index in [4.69, 9.17) is 9.72 Å². The van der Waals surface area contributed by atoms with Crippen molar-refractivity contribution in [3.63, 3.8) is 0 Å². The largest absolute Gasteiger partial charge is 0.417 e. The van der Waals surface area contributed by atoms with Crippen LogP contribution in [0, 0.1) is 6.92 Å². The van der Waals surface area contributed by atoms with E-state index in [9.17, 15) is 4.79 Å². The standard InChI is InChI=1S/C24H20N2O2S/c1-17-7-5-6-10-21(17)22-16-29-23(26-22)15-18-11-13-19(14-12-18)25-24(27)28-20-8-3-2-4-9-20/h2-14,16H,15H2,1H3,(H,25,27). The summed E-state index contributed by atoms with van der Waals surface area (Å²) < 4.78 is 5.24. The molecule has 1 aromatic heterocycles. The molecule has 0 aliphatic heterocycles. The number of anilines is 1. The number of aryl methyl sites for hydroxylation is 1. The molecule has 0 radical (unpaired) electrons. The number of hydrogen-bond acceptors (Lipinski definition) is 4. The molecule has 0 saturated heterocycles. The lowest BCUT2D eigenvalue weighted by Crippen LogP contribution is -2.16. The van der Waals surface area contributed by atoms with E-state index in [0.717, 1.165) is 22.7 Å². The van der Waals surface area contributed by atoms with Crippen LogP contribution in [0.25, 0.3) is 11.3 Å². The Bertz CT molecular complexity index is 1110. The maximum Gasteiger partial charge on any atom is 0.417 e. The summed E-state index contributed by atoms with van der Waals surface area (Å²) in [5.41, 5.74) is 5.24. The predicted octanol–water partition coefficient (Wildman–Crippen LogP) is 6.32. The highest BCUT2D eigenvalue weighted by molar-refractivity contribution is 7.10. The molecule has 4 nitrogen and oxygen atoms in total. The van der Waals surface area contributed by atoms with Gasteiger partial charge in [-0.15, -0.1) is 11.3 Å². The first-order valence-electron chi connectivity index (χ1n) is 9.30. The highest BCUT2D eigenvalue weighted by Crippen LogP contribution is 2.26. The number of nitrogens with zero attached hydrogens (tertiary/aromatic N) is 1. The van der Waals surface area contributed by atoms with Crippen molar-refractivity contribution in [1.82, 2.24) is 4.98 Å². The molecule has 0 atom stereocenters. The molecular formula is C24H20N2O2S. The number of aromatic nitrogens is 1. The van der Waals surface area contributed by atoms with E-state index in [0.29, 0.717) is 11.4 Å². The fraction of sp³-hybridized carbons (Fsp3) is 0.0833. The Morgan fingerprint density at radius 2 is 1.69 bits per heavy atom. The van der Waals surface area contributed by atoms with Gasteiger partial charge < -0.3 is 4.74 Å². The molecule has 0 unspecified atom stereocenters. The Labute approximate surface area is 173 Å². The van der Waals surface area contributed by atoms with E-state index >= 15 is 0 Å². The molecular weight excluding hydrogens is 380 g/mol. The van der Waals surface area contributed by atoms with Crippen molar-refractivity contribution in [2.24, 2.45) is 0 Å². The van der Waals surface area contributed by atoms with Crippen LogP contribution in [0.4, 0.5) is 10.5 Å². The van der Waals surface area contributed by atoms with Gasteiger partial charge in [0.05, 0.1) is 10.7 Å². The number of ether oxygens (including phenoxy) is 1. The Morgan fingerprint density at radius 3 is 2.45 bits per heavy atom. The van der Waals surface area contributed by atoms with Crippen LogP contribution in [0.15, 0.2) is 84.2 Å². The third-order valence-corrected chi connectivity index (χ3v) is 5.33. The second-order valence-corrected chi connectivity index (χ2v) is 7.59. The Morgan fingerprint density at radius 1 is 0.966 bits per heavy atom. The fourth-order valence-corrected chi connectivity index (χ4v) is 3.82. The first-order valence-corrected chi connectivity index (χ1v) is 10.2. The number of carbonyl (C=O) groups excluding carboxylic acids is 1. The lowest BCUT2D eigenvalue weighted by molar-refractivity contribution is 0.215. The van der Waals surface area contributed by atoms with Crippen molar-refractivity contribution in [2.45, 2.75) is 13.3 Å². The van der Waals surface area contributed by atoms with Crippen LogP contribution in [0.3, 0.4) is 0 Å². The van der Waals surface area contributed by atoms with Crippen molar-refractivity contribution < 1.29 is 9.53 Å². The Hall–Kier alpha value is -3.44. The summed E-state index contributed by atoms with van der Waals surface area (Å²) in [6.07, 6.45) is 0.248. The van der Waals surface area contributed by atoms with Crippen molar-refractivity contribution in [3.05, 3.63) is 100 Å². The molecule has 0 aliphatic rings. The van der Waals surface area contributed by atoms with E-state index in [1.807, 2.05) is 54.6 Å².